The Morgan fingerprint density at radius 2 is 1.74 bits per heavy atom. The van der Waals surface area contributed by atoms with Gasteiger partial charge >= 0.3 is 6.09 Å². The molecule has 0 atom stereocenters. The normalized spacial score (nSPS) is 28.4. The van der Waals surface area contributed by atoms with Gasteiger partial charge in [0.25, 0.3) is 5.91 Å². The van der Waals surface area contributed by atoms with E-state index in [1.807, 2.05) is 18.2 Å². The molecular formula is C27H40ClN3O3. The second kappa shape index (κ2) is 12.3. The van der Waals surface area contributed by atoms with Crippen LogP contribution in [0.3, 0.4) is 0 Å². The highest BCUT2D eigenvalue weighted by atomic mass is 35.5. The van der Waals surface area contributed by atoms with Crippen LogP contribution < -0.4 is 16.0 Å². The molecule has 1 aromatic rings. The first-order valence-electron chi connectivity index (χ1n) is 12.7. The molecule has 0 spiro atoms. The van der Waals surface area contributed by atoms with Crippen molar-refractivity contribution in [2.24, 2.45) is 17.3 Å². The monoisotopic (exact) mass is 489 g/mol. The van der Waals surface area contributed by atoms with Crippen molar-refractivity contribution in [2.75, 3.05) is 13.1 Å². The first kappa shape index (κ1) is 26.8. The van der Waals surface area contributed by atoms with Crippen LogP contribution in [0.4, 0.5) is 4.79 Å². The third-order valence-corrected chi connectivity index (χ3v) is 8.57. The zero-order valence-corrected chi connectivity index (χ0v) is 21.0. The second-order valence-corrected chi connectivity index (χ2v) is 11.0. The zero-order chi connectivity index (χ0) is 23.3. The molecule has 4 N–H and O–H groups in total. The SMILES string of the molecule is O=C(O)NCC1CCC(NCc2ccc(Cl)c(C(=O)NCC34CCCC(CCC3)C4)c2)CC1.[CH2]. The summed E-state index contributed by atoms with van der Waals surface area (Å²) in [5.74, 6) is 1.22. The molecule has 2 radical (unpaired) electrons. The standard InChI is InChI=1S/C26H38ClN3O3.CH2/c27-23-10-7-20(16-28-21-8-5-19(6-9-21)15-29-25(32)33)13-22(23)24(31)30-17-26-11-1-3-18(14-26)4-2-12-26;/h7,10,13,18-19,21,28-29H,1-6,8-9,11-12,14-17H2,(H,30,31)(H,32,33);1H2. The van der Waals surface area contributed by atoms with Crippen molar-refractivity contribution >= 4 is 23.6 Å². The summed E-state index contributed by atoms with van der Waals surface area (Å²) in [5.41, 5.74) is 1.92. The molecule has 0 aromatic heterocycles. The van der Waals surface area contributed by atoms with Gasteiger partial charge in [0, 0.05) is 25.7 Å². The summed E-state index contributed by atoms with van der Waals surface area (Å²) in [6.45, 7) is 2.01. The molecule has 34 heavy (non-hydrogen) atoms. The van der Waals surface area contributed by atoms with Crippen molar-refractivity contribution in [3.05, 3.63) is 41.8 Å². The van der Waals surface area contributed by atoms with Gasteiger partial charge in [-0.05, 0) is 79.9 Å². The molecule has 3 aliphatic carbocycles. The maximum Gasteiger partial charge on any atom is 0.404 e. The Bertz CT molecular complexity index is 828. The molecule has 0 aliphatic heterocycles. The predicted octanol–water partition coefficient (Wildman–Crippen LogP) is 5.67. The number of halogens is 1. The topological polar surface area (TPSA) is 90.5 Å². The number of amides is 2. The molecule has 188 valence electrons. The van der Waals surface area contributed by atoms with Crippen molar-refractivity contribution in [1.82, 2.24) is 16.0 Å². The molecule has 7 heteroatoms. The molecule has 0 saturated heterocycles. The molecule has 0 heterocycles. The molecular weight excluding hydrogens is 450 g/mol. The molecule has 3 fully saturated rings. The van der Waals surface area contributed by atoms with Crippen LogP contribution in [0.2, 0.25) is 5.02 Å². The molecule has 2 bridgehead atoms. The zero-order valence-electron chi connectivity index (χ0n) is 20.2. The maximum atomic E-state index is 13.0. The van der Waals surface area contributed by atoms with Crippen LogP contribution in [0, 0.1) is 24.7 Å². The van der Waals surface area contributed by atoms with Gasteiger partial charge in [-0.15, -0.1) is 0 Å². The Hall–Kier alpha value is -1.79. The van der Waals surface area contributed by atoms with Gasteiger partial charge in [-0.25, -0.2) is 4.79 Å². The van der Waals surface area contributed by atoms with Crippen LogP contribution in [0.15, 0.2) is 18.2 Å². The Labute approximate surface area is 209 Å². The Balaban J connectivity index is 0.00000324. The Morgan fingerprint density at radius 3 is 2.41 bits per heavy atom. The van der Waals surface area contributed by atoms with E-state index in [2.05, 4.69) is 16.0 Å². The molecule has 6 nitrogen and oxygen atoms in total. The van der Waals surface area contributed by atoms with E-state index in [9.17, 15) is 9.59 Å². The third-order valence-electron chi connectivity index (χ3n) is 8.24. The lowest BCUT2D eigenvalue weighted by Crippen LogP contribution is -2.43. The van der Waals surface area contributed by atoms with E-state index in [0.717, 1.165) is 43.7 Å². The van der Waals surface area contributed by atoms with Crippen molar-refractivity contribution in [3.8, 4) is 0 Å². The number of carbonyl (C=O) groups excluding carboxylic acids is 1. The summed E-state index contributed by atoms with van der Waals surface area (Å²) < 4.78 is 0. The summed E-state index contributed by atoms with van der Waals surface area (Å²) in [4.78, 5) is 23.7. The fourth-order valence-electron chi connectivity index (χ4n) is 6.35. The number of hydrogen-bond acceptors (Lipinski definition) is 3. The van der Waals surface area contributed by atoms with Gasteiger partial charge in [-0.2, -0.15) is 0 Å². The summed E-state index contributed by atoms with van der Waals surface area (Å²) in [5, 5.41) is 18.6. The number of nitrogens with one attached hydrogen (secondary N) is 3. The van der Waals surface area contributed by atoms with Crippen LogP contribution in [0.25, 0.3) is 0 Å². The van der Waals surface area contributed by atoms with Gasteiger partial charge in [0.2, 0.25) is 0 Å². The van der Waals surface area contributed by atoms with E-state index in [-0.39, 0.29) is 13.3 Å². The van der Waals surface area contributed by atoms with Gasteiger partial charge in [-0.1, -0.05) is 50.8 Å². The van der Waals surface area contributed by atoms with Gasteiger partial charge in [0.1, 0.15) is 0 Å². The minimum atomic E-state index is -0.945. The average Bonchev–Trinajstić information content (AvgIpc) is 2.81. The van der Waals surface area contributed by atoms with E-state index in [1.165, 1.54) is 44.9 Å². The molecule has 3 aliphatic rings. The van der Waals surface area contributed by atoms with Gasteiger partial charge in [0.05, 0.1) is 10.6 Å². The minimum Gasteiger partial charge on any atom is -0.465 e. The maximum absolute atomic E-state index is 13.0. The van der Waals surface area contributed by atoms with Crippen molar-refractivity contribution in [3.63, 3.8) is 0 Å². The Morgan fingerprint density at radius 1 is 1.03 bits per heavy atom. The lowest BCUT2D eigenvalue weighted by atomic mass is 9.62. The summed E-state index contributed by atoms with van der Waals surface area (Å²) in [7, 11) is 0. The van der Waals surface area contributed by atoms with E-state index in [0.29, 0.717) is 41.1 Å². The van der Waals surface area contributed by atoms with Gasteiger partial charge in [-0.3, -0.25) is 4.79 Å². The van der Waals surface area contributed by atoms with Crippen molar-refractivity contribution < 1.29 is 14.7 Å². The quantitative estimate of drug-likeness (QED) is 0.378. The van der Waals surface area contributed by atoms with Crippen LogP contribution >= 0.6 is 11.6 Å². The number of benzene rings is 1. The summed E-state index contributed by atoms with van der Waals surface area (Å²) in [6, 6.07) is 6.16. The molecule has 3 saturated carbocycles. The highest BCUT2D eigenvalue weighted by molar-refractivity contribution is 6.33. The van der Waals surface area contributed by atoms with E-state index in [4.69, 9.17) is 16.7 Å². The van der Waals surface area contributed by atoms with Crippen LogP contribution in [0.5, 0.6) is 0 Å². The van der Waals surface area contributed by atoms with Gasteiger partial charge in [0.15, 0.2) is 0 Å². The number of rotatable bonds is 8. The van der Waals surface area contributed by atoms with Gasteiger partial charge < -0.3 is 21.1 Å². The first-order chi connectivity index (χ1) is 15.9. The van der Waals surface area contributed by atoms with Crippen LogP contribution in [0.1, 0.15) is 86.6 Å². The average molecular weight is 490 g/mol. The Kier molecular flexibility index (Phi) is 9.66. The minimum absolute atomic E-state index is 0. The first-order valence-corrected chi connectivity index (χ1v) is 13.1. The van der Waals surface area contributed by atoms with Crippen LogP contribution in [-0.2, 0) is 6.54 Å². The lowest BCUT2D eigenvalue weighted by Gasteiger charge is -2.45. The van der Waals surface area contributed by atoms with E-state index in [1.54, 1.807) is 0 Å². The fraction of sp³-hybridized carbons (Fsp3) is 0.667. The highest BCUT2D eigenvalue weighted by Gasteiger charge is 2.39. The van der Waals surface area contributed by atoms with Crippen LogP contribution in [-0.4, -0.2) is 36.2 Å². The number of carboxylic acid groups (broad SMARTS) is 1. The van der Waals surface area contributed by atoms with Crippen molar-refractivity contribution in [2.45, 2.75) is 83.2 Å². The molecule has 1 aromatic carbocycles. The summed E-state index contributed by atoms with van der Waals surface area (Å²) >= 11 is 6.40. The van der Waals surface area contributed by atoms with Crippen molar-refractivity contribution in [1.29, 1.82) is 0 Å². The summed E-state index contributed by atoms with van der Waals surface area (Å²) in [6.07, 6.45) is 12.2. The number of carbonyl (C=O) groups is 2. The highest BCUT2D eigenvalue weighted by Crippen LogP contribution is 2.48. The number of hydrogen-bond donors (Lipinski definition) is 4. The molecule has 4 rings (SSSR count). The largest absolute Gasteiger partial charge is 0.465 e. The smallest absolute Gasteiger partial charge is 0.404 e. The lowest BCUT2D eigenvalue weighted by molar-refractivity contribution is 0.0681. The molecule has 0 unspecified atom stereocenters. The molecule has 2 amide bonds. The van der Waals surface area contributed by atoms with E-state index >= 15 is 0 Å². The third kappa shape index (κ3) is 7.11. The predicted molar refractivity (Wildman–Crippen MR) is 136 cm³/mol. The second-order valence-electron chi connectivity index (χ2n) is 10.6. The fourth-order valence-corrected chi connectivity index (χ4v) is 6.56. The van der Waals surface area contributed by atoms with E-state index < -0.39 is 6.09 Å². The number of fused-ring (bicyclic) bond motifs is 2.